The molecule has 150 valence electrons. The number of rotatable bonds is 3. The normalized spacial score (nSPS) is 18.0. The molecule has 1 heterocycles. The zero-order valence-corrected chi connectivity index (χ0v) is 16.8. The van der Waals surface area contributed by atoms with E-state index < -0.39 is 5.97 Å². The summed E-state index contributed by atoms with van der Waals surface area (Å²) in [4.78, 5) is 13.3. The summed E-state index contributed by atoms with van der Waals surface area (Å²) in [5.74, 6) is -1.12. The van der Waals surface area contributed by atoms with Crippen molar-refractivity contribution < 1.29 is 38.8 Å². The number of carbonyl (C=O) groups is 1. The fraction of sp³-hybridized carbons (Fsp3) is 0.611. The van der Waals surface area contributed by atoms with Gasteiger partial charge in [-0.05, 0) is 50.1 Å². The molecule has 0 amide bonds. The molecular formula is C18H29ClN4NiO2. The molecule has 1 fully saturated rings. The molecule has 0 aromatic heterocycles. The Kier molecular flexibility index (Phi) is 15.0. The van der Waals surface area contributed by atoms with Gasteiger partial charge in [0.1, 0.15) is 0 Å². The van der Waals surface area contributed by atoms with Crippen LogP contribution in [0.15, 0.2) is 24.3 Å². The number of nitrogens with one attached hydrogen (secondary N) is 3. The van der Waals surface area contributed by atoms with Gasteiger partial charge in [0.15, 0.2) is 0 Å². The standard InChI is InChI=1S/C18H30N4O2.ClH.Ni/c23-18(24)17-5-3-16(4-6-17)15-22-13-2-9-20-11-10-19-7-1-8-21-12-14-22;;/h3-6,19-21H,1-2,7-15H2,(H,23,24);1H;/q;;+2/p-2. The number of hydrogen-bond acceptors (Lipinski definition) is 6. The summed E-state index contributed by atoms with van der Waals surface area (Å²) in [5, 5.41) is 21.2. The van der Waals surface area contributed by atoms with Crippen molar-refractivity contribution in [3.05, 3.63) is 35.4 Å². The largest absolute Gasteiger partial charge is 2.00 e. The van der Waals surface area contributed by atoms with E-state index in [4.69, 9.17) is 0 Å². The number of carbonyl (C=O) groups excluding carboxylic acids is 1. The Morgan fingerprint density at radius 3 is 2.08 bits per heavy atom. The minimum absolute atomic E-state index is 0. The smallest absolute Gasteiger partial charge is 1.00 e. The van der Waals surface area contributed by atoms with Crippen LogP contribution in [-0.2, 0) is 23.0 Å². The molecule has 0 atom stereocenters. The van der Waals surface area contributed by atoms with Gasteiger partial charge in [0.25, 0.3) is 0 Å². The van der Waals surface area contributed by atoms with Crippen molar-refractivity contribution in [3.8, 4) is 0 Å². The molecule has 1 aromatic rings. The van der Waals surface area contributed by atoms with E-state index in [0.29, 0.717) is 0 Å². The van der Waals surface area contributed by atoms with Gasteiger partial charge in [-0.2, -0.15) is 0 Å². The van der Waals surface area contributed by atoms with E-state index >= 15 is 0 Å². The molecule has 1 aliphatic heterocycles. The Labute approximate surface area is 172 Å². The molecular weight excluding hydrogens is 398 g/mol. The Balaban J connectivity index is 0.00000312. The molecule has 0 spiro atoms. The molecule has 1 aromatic carbocycles. The number of nitrogens with zero attached hydrogens (tertiary/aromatic N) is 1. The molecule has 2 rings (SSSR count). The number of hydrogen-bond donors (Lipinski definition) is 3. The van der Waals surface area contributed by atoms with Crippen LogP contribution in [-0.4, -0.2) is 63.2 Å². The van der Waals surface area contributed by atoms with E-state index in [1.807, 2.05) is 12.1 Å². The van der Waals surface area contributed by atoms with Crippen molar-refractivity contribution in [2.24, 2.45) is 0 Å². The van der Waals surface area contributed by atoms with Gasteiger partial charge in [0, 0.05) is 32.7 Å². The number of carboxylic acid groups (broad SMARTS) is 1. The van der Waals surface area contributed by atoms with E-state index in [0.717, 1.165) is 77.3 Å². The van der Waals surface area contributed by atoms with Crippen LogP contribution in [0.25, 0.3) is 0 Å². The first-order chi connectivity index (χ1) is 11.8. The third kappa shape index (κ3) is 10.5. The first-order valence-electron chi connectivity index (χ1n) is 8.90. The van der Waals surface area contributed by atoms with Crippen LogP contribution >= 0.6 is 0 Å². The number of halogens is 1. The van der Waals surface area contributed by atoms with Crippen LogP contribution in [0.4, 0.5) is 0 Å². The van der Waals surface area contributed by atoms with Crippen LogP contribution in [0, 0.1) is 0 Å². The van der Waals surface area contributed by atoms with Crippen molar-refractivity contribution in [1.29, 1.82) is 0 Å². The Morgan fingerprint density at radius 1 is 0.885 bits per heavy atom. The molecule has 0 aliphatic carbocycles. The molecule has 26 heavy (non-hydrogen) atoms. The average Bonchev–Trinajstić information content (AvgIpc) is 2.58. The summed E-state index contributed by atoms with van der Waals surface area (Å²) in [7, 11) is 0. The Hall–Kier alpha value is -0.686. The molecule has 8 heteroatoms. The first-order valence-corrected chi connectivity index (χ1v) is 8.90. The summed E-state index contributed by atoms with van der Waals surface area (Å²) >= 11 is 0. The monoisotopic (exact) mass is 426 g/mol. The van der Waals surface area contributed by atoms with E-state index in [1.165, 1.54) is 0 Å². The Morgan fingerprint density at radius 2 is 1.46 bits per heavy atom. The van der Waals surface area contributed by atoms with Crippen molar-refractivity contribution in [1.82, 2.24) is 20.9 Å². The second-order valence-corrected chi connectivity index (χ2v) is 6.22. The Bertz CT molecular complexity index is 477. The minimum atomic E-state index is -1.12. The van der Waals surface area contributed by atoms with Crippen molar-refractivity contribution >= 4 is 5.97 Å². The fourth-order valence-electron chi connectivity index (χ4n) is 2.83. The number of carboxylic acids is 1. The third-order valence-electron chi connectivity index (χ3n) is 4.21. The van der Waals surface area contributed by atoms with Crippen molar-refractivity contribution in [2.75, 3.05) is 52.4 Å². The fourth-order valence-corrected chi connectivity index (χ4v) is 2.83. The quantitative estimate of drug-likeness (QED) is 0.433. The van der Waals surface area contributed by atoms with E-state index in [2.05, 4.69) is 20.9 Å². The van der Waals surface area contributed by atoms with E-state index in [1.54, 1.807) is 12.1 Å². The summed E-state index contributed by atoms with van der Waals surface area (Å²) in [6.45, 7) is 9.00. The maximum absolute atomic E-state index is 10.8. The van der Waals surface area contributed by atoms with Gasteiger partial charge in [0.2, 0.25) is 0 Å². The predicted molar refractivity (Wildman–Crippen MR) is 93.9 cm³/mol. The molecule has 0 bridgehead atoms. The SMILES string of the molecule is O=C([O-])c1ccc(CN2CCCNCCNCCCNCC2)cc1.[Cl-].[Ni+2]. The molecule has 1 aliphatic rings. The molecule has 0 radical (unpaired) electrons. The second kappa shape index (κ2) is 15.4. The predicted octanol–water partition coefficient (Wildman–Crippen LogP) is -3.58. The zero-order chi connectivity index (χ0) is 17.0. The van der Waals surface area contributed by atoms with Gasteiger partial charge in [0.05, 0.1) is 5.97 Å². The van der Waals surface area contributed by atoms with Gasteiger partial charge in [-0.15, -0.1) is 0 Å². The second-order valence-electron chi connectivity index (χ2n) is 6.22. The van der Waals surface area contributed by atoms with Crippen molar-refractivity contribution in [2.45, 2.75) is 19.4 Å². The molecule has 3 N–H and O–H groups in total. The van der Waals surface area contributed by atoms with Gasteiger partial charge in [-0.3, -0.25) is 4.90 Å². The van der Waals surface area contributed by atoms with Crippen LogP contribution in [0.1, 0.15) is 28.8 Å². The summed E-state index contributed by atoms with van der Waals surface area (Å²) in [6, 6.07) is 7.02. The van der Waals surface area contributed by atoms with Crippen LogP contribution in [0.5, 0.6) is 0 Å². The van der Waals surface area contributed by atoms with E-state index in [9.17, 15) is 9.90 Å². The maximum Gasteiger partial charge on any atom is 2.00 e. The molecule has 0 unspecified atom stereocenters. The van der Waals surface area contributed by atoms with Crippen molar-refractivity contribution in [3.63, 3.8) is 0 Å². The summed E-state index contributed by atoms with van der Waals surface area (Å²) in [5.41, 5.74) is 1.37. The molecule has 0 saturated carbocycles. The van der Waals surface area contributed by atoms with Crippen LogP contribution < -0.4 is 33.5 Å². The topological polar surface area (TPSA) is 79.5 Å². The maximum atomic E-state index is 10.8. The molecule has 1 saturated heterocycles. The number of benzene rings is 1. The van der Waals surface area contributed by atoms with Gasteiger partial charge in [-0.1, -0.05) is 24.3 Å². The van der Waals surface area contributed by atoms with Gasteiger partial charge < -0.3 is 38.3 Å². The minimum Gasteiger partial charge on any atom is -1.00 e. The van der Waals surface area contributed by atoms with Gasteiger partial charge >= 0.3 is 16.5 Å². The van der Waals surface area contributed by atoms with Gasteiger partial charge in [-0.25, -0.2) is 0 Å². The van der Waals surface area contributed by atoms with E-state index in [-0.39, 0.29) is 34.5 Å². The van der Waals surface area contributed by atoms with Crippen LogP contribution in [0.2, 0.25) is 0 Å². The summed E-state index contributed by atoms with van der Waals surface area (Å²) in [6.07, 6.45) is 2.25. The number of aromatic carboxylic acids is 1. The first kappa shape index (κ1) is 25.3. The molecule has 6 nitrogen and oxygen atoms in total. The third-order valence-corrected chi connectivity index (χ3v) is 4.21. The van der Waals surface area contributed by atoms with Crippen LogP contribution in [0.3, 0.4) is 0 Å². The zero-order valence-electron chi connectivity index (χ0n) is 15.0. The summed E-state index contributed by atoms with van der Waals surface area (Å²) < 4.78 is 0. The average molecular weight is 428 g/mol.